The standard InChI is InChI=1S/C19H19BrN2O2S2/c20-17-6-2-4-8-19(17)26(23,24)22-11-9-21(10-12-22)13-15-14-25-18-7-3-1-5-16(15)18/h1-8,14H,9-13H2. The molecule has 2 aromatic carbocycles. The SMILES string of the molecule is O=S(=O)(c1ccccc1Br)N1CCN(Cc2csc3ccccc23)CC1. The molecule has 0 bridgehead atoms. The van der Waals surface area contributed by atoms with Gasteiger partial charge in [0.05, 0.1) is 4.90 Å². The molecule has 2 heterocycles. The molecule has 0 spiro atoms. The van der Waals surface area contributed by atoms with Crippen LogP contribution in [0.5, 0.6) is 0 Å². The van der Waals surface area contributed by atoms with Gasteiger partial charge in [-0.25, -0.2) is 8.42 Å². The van der Waals surface area contributed by atoms with Crippen LogP contribution < -0.4 is 0 Å². The molecule has 0 N–H and O–H groups in total. The third-order valence-electron chi connectivity index (χ3n) is 4.74. The first-order valence-electron chi connectivity index (χ1n) is 8.48. The number of piperazine rings is 1. The van der Waals surface area contributed by atoms with Crippen LogP contribution in [0.15, 0.2) is 63.3 Å². The van der Waals surface area contributed by atoms with E-state index in [1.807, 2.05) is 6.07 Å². The Hall–Kier alpha value is -1.25. The second-order valence-corrected chi connectivity index (χ2v) is 10.0. The summed E-state index contributed by atoms with van der Waals surface area (Å²) in [7, 11) is -3.45. The zero-order valence-electron chi connectivity index (χ0n) is 14.1. The Morgan fingerprint density at radius 2 is 1.65 bits per heavy atom. The second-order valence-electron chi connectivity index (χ2n) is 6.37. The van der Waals surface area contributed by atoms with E-state index in [9.17, 15) is 8.42 Å². The van der Waals surface area contributed by atoms with E-state index in [4.69, 9.17) is 0 Å². The fourth-order valence-corrected chi connectivity index (χ4v) is 6.66. The van der Waals surface area contributed by atoms with Gasteiger partial charge < -0.3 is 0 Å². The van der Waals surface area contributed by atoms with Crippen molar-refractivity contribution < 1.29 is 8.42 Å². The average molecular weight is 451 g/mol. The van der Waals surface area contributed by atoms with Crippen LogP contribution in [-0.2, 0) is 16.6 Å². The van der Waals surface area contributed by atoms with Gasteiger partial charge in [-0.3, -0.25) is 4.90 Å². The van der Waals surface area contributed by atoms with Crippen molar-refractivity contribution in [3.8, 4) is 0 Å². The summed E-state index contributed by atoms with van der Waals surface area (Å²) < 4.78 is 29.3. The average Bonchev–Trinajstić information content (AvgIpc) is 3.05. The molecule has 0 radical (unpaired) electrons. The number of fused-ring (bicyclic) bond motifs is 1. The third kappa shape index (κ3) is 3.46. The monoisotopic (exact) mass is 450 g/mol. The van der Waals surface area contributed by atoms with Crippen molar-refractivity contribution in [2.24, 2.45) is 0 Å². The third-order valence-corrected chi connectivity index (χ3v) is 8.66. The molecule has 0 amide bonds. The number of thiophene rings is 1. The minimum Gasteiger partial charge on any atom is -0.296 e. The van der Waals surface area contributed by atoms with Crippen molar-refractivity contribution in [2.75, 3.05) is 26.2 Å². The number of benzene rings is 2. The van der Waals surface area contributed by atoms with Crippen LogP contribution in [0.3, 0.4) is 0 Å². The first-order valence-corrected chi connectivity index (χ1v) is 11.6. The van der Waals surface area contributed by atoms with Gasteiger partial charge in [-0.05, 0) is 50.5 Å². The predicted octanol–water partition coefficient (Wildman–Crippen LogP) is 4.17. The summed E-state index contributed by atoms with van der Waals surface area (Å²) >= 11 is 5.13. The van der Waals surface area contributed by atoms with E-state index < -0.39 is 10.0 Å². The van der Waals surface area contributed by atoms with E-state index in [2.05, 4.69) is 50.5 Å². The normalized spacial score (nSPS) is 17.0. The summed E-state index contributed by atoms with van der Waals surface area (Å²) in [5.41, 5.74) is 1.33. The van der Waals surface area contributed by atoms with Crippen LogP contribution in [0, 0.1) is 0 Å². The minimum atomic E-state index is -3.45. The summed E-state index contributed by atoms with van der Waals surface area (Å²) in [4.78, 5) is 2.68. The lowest BCUT2D eigenvalue weighted by atomic mass is 10.1. The molecule has 0 unspecified atom stereocenters. The fraction of sp³-hybridized carbons (Fsp3) is 0.263. The maximum atomic E-state index is 12.9. The second kappa shape index (κ2) is 7.40. The zero-order chi connectivity index (χ0) is 18.1. The molecule has 1 fully saturated rings. The number of nitrogens with zero attached hydrogens (tertiary/aromatic N) is 2. The lowest BCUT2D eigenvalue weighted by Gasteiger charge is -2.34. The summed E-state index contributed by atoms with van der Waals surface area (Å²) in [6.07, 6.45) is 0. The van der Waals surface area contributed by atoms with Gasteiger partial charge in [0.1, 0.15) is 0 Å². The lowest BCUT2D eigenvalue weighted by Crippen LogP contribution is -2.48. The molecule has 1 aliphatic heterocycles. The highest BCUT2D eigenvalue weighted by Crippen LogP contribution is 2.28. The van der Waals surface area contributed by atoms with E-state index >= 15 is 0 Å². The molecule has 136 valence electrons. The number of rotatable bonds is 4. The Morgan fingerprint density at radius 1 is 0.962 bits per heavy atom. The van der Waals surface area contributed by atoms with E-state index in [-0.39, 0.29) is 0 Å². The summed E-state index contributed by atoms with van der Waals surface area (Å²) in [6.45, 7) is 3.39. The van der Waals surface area contributed by atoms with Crippen molar-refractivity contribution in [1.29, 1.82) is 0 Å². The highest BCUT2D eigenvalue weighted by Gasteiger charge is 2.29. The lowest BCUT2D eigenvalue weighted by molar-refractivity contribution is 0.182. The highest BCUT2D eigenvalue weighted by atomic mass is 79.9. The van der Waals surface area contributed by atoms with Crippen molar-refractivity contribution in [1.82, 2.24) is 9.21 Å². The van der Waals surface area contributed by atoms with E-state index in [1.165, 1.54) is 15.6 Å². The van der Waals surface area contributed by atoms with Crippen LogP contribution in [0.1, 0.15) is 5.56 Å². The van der Waals surface area contributed by atoms with Crippen LogP contribution in [0.25, 0.3) is 10.1 Å². The quantitative estimate of drug-likeness (QED) is 0.598. The Bertz CT molecular complexity index is 1020. The smallest absolute Gasteiger partial charge is 0.244 e. The van der Waals surface area contributed by atoms with Gasteiger partial charge in [0, 0.05) is 41.9 Å². The van der Waals surface area contributed by atoms with Crippen LogP contribution >= 0.6 is 27.3 Å². The fourth-order valence-electron chi connectivity index (χ4n) is 3.32. The predicted molar refractivity (Wildman–Crippen MR) is 110 cm³/mol. The molecule has 1 aromatic heterocycles. The van der Waals surface area contributed by atoms with Gasteiger partial charge >= 0.3 is 0 Å². The molecule has 1 aliphatic rings. The number of hydrogen-bond donors (Lipinski definition) is 0. The molecule has 1 saturated heterocycles. The van der Waals surface area contributed by atoms with Crippen molar-refractivity contribution >= 4 is 47.4 Å². The van der Waals surface area contributed by atoms with Gasteiger partial charge in [0.15, 0.2) is 0 Å². The molecule has 4 rings (SSSR count). The zero-order valence-corrected chi connectivity index (χ0v) is 17.4. The molecule has 3 aromatic rings. The first-order chi connectivity index (χ1) is 12.6. The summed E-state index contributed by atoms with van der Waals surface area (Å²) in [5, 5.41) is 3.52. The van der Waals surface area contributed by atoms with Crippen molar-refractivity contribution in [3.05, 3.63) is 63.9 Å². The Balaban J connectivity index is 1.45. The van der Waals surface area contributed by atoms with Crippen LogP contribution in [0.4, 0.5) is 0 Å². The van der Waals surface area contributed by atoms with Gasteiger partial charge in [-0.2, -0.15) is 4.31 Å². The van der Waals surface area contributed by atoms with Crippen LogP contribution in [0.2, 0.25) is 0 Å². The van der Waals surface area contributed by atoms with Gasteiger partial charge in [-0.15, -0.1) is 11.3 Å². The van der Waals surface area contributed by atoms with Gasteiger partial charge in [0.25, 0.3) is 0 Å². The maximum absolute atomic E-state index is 12.9. The highest BCUT2D eigenvalue weighted by molar-refractivity contribution is 9.10. The van der Waals surface area contributed by atoms with Gasteiger partial charge in [-0.1, -0.05) is 30.3 Å². The largest absolute Gasteiger partial charge is 0.296 e. The molecule has 0 aliphatic carbocycles. The molecular formula is C19H19BrN2O2S2. The molecular weight excluding hydrogens is 432 g/mol. The molecule has 4 nitrogen and oxygen atoms in total. The summed E-state index contributed by atoms with van der Waals surface area (Å²) in [5.74, 6) is 0. The number of sulfonamides is 1. The number of halogens is 1. The van der Waals surface area contributed by atoms with Crippen molar-refractivity contribution in [3.63, 3.8) is 0 Å². The number of hydrogen-bond acceptors (Lipinski definition) is 4. The minimum absolute atomic E-state index is 0.345. The first kappa shape index (κ1) is 18.1. The maximum Gasteiger partial charge on any atom is 0.244 e. The molecule has 0 saturated carbocycles. The Morgan fingerprint density at radius 3 is 2.42 bits per heavy atom. The topological polar surface area (TPSA) is 40.6 Å². The van der Waals surface area contributed by atoms with Gasteiger partial charge in [0.2, 0.25) is 10.0 Å². The van der Waals surface area contributed by atoms with E-state index in [0.29, 0.717) is 22.5 Å². The molecule has 7 heteroatoms. The Labute approximate surface area is 166 Å². The van der Waals surface area contributed by atoms with E-state index in [0.717, 1.165) is 19.6 Å². The van der Waals surface area contributed by atoms with Crippen LogP contribution in [-0.4, -0.2) is 43.8 Å². The summed E-state index contributed by atoms with van der Waals surface area (Å²) in [6, 6.07) is 15.4. The van der Waals surface area contributed by atoms with Crippen molar-refractivity contribution in [2.45, 2.75) is 11.4 Å². The Kier molecular flexibility index (Phi) is 5.16. The van der Waals surface area contributed by atoms with E-state index in [1.54, 1.807) is 33.8 Å². The molecule has 0 atom stereocenters. The molecule has 26 heavy (non-hydrogen) atoms.